The Morgan fingerprint density at radius 1 is 0.607 bits per heavy atom. The van der Waals surface area contributed by atoms with Gasteiger partial charge >= 0.3 is 11.9 Å². The van der Waals surface area contributed by atoms with E-state index < -0.39 is 23.5 Å². The molecule has 2 aromatic heterocycles. The van der Waals surface area contributed by atoms with Crippen molar-refractivity contribution in [2.75, 3.05) is 14.2 Å². The molecule has 5 rings (SSSR count). The predicted molar refractivity (Wildman–Crippen MR) is 202 cm³/mol. The average Bonchev–Trinajstić information content (AvgIpc) is 3.84. The number of ether oxygens (including phenoxy) is 6. The standard InChI is InChI=1S/C42H52N4O10/c1-51-41-21-13-9-5-3-7-12-16-34(48)38(40(50)54-28-32-20-26-44-30-46-32)36-18-24-42(52-2,56-36)22-14-10-6-4-8-11-15-33(47)37(35(55-41)17-23-41)39(49)53-27-31-19-25-43-29-45-31/h17-20,23-26,29-30H,3-16,21-22,27-28H2,1-2H3/b37-35-,38-36+. The second-order valence-electron chi connectivity index (χ2n) is 14.0. The summed E-state index contributed by atoms with van der Waals surface area (Å²) in [5.41, 5.74) is 0.754. The average molecular weight is 773 g/mol. The van der Waals surface area contributed by atoms with Gasteiger partial charge < -0.3 is 28.4 Å². The van der Waals surface area contributed by atoms with E-state index in [1.54, 1.807) is 48.8 Å². The maximum atomic E-state index is 13.6. The second-order valence-corrected chi connectivity index (χ2v) is 14.0. The number of nitrogens with zero attached hydrogens (tertiary/aromatic N) is 4. The Labute approximate surface area is 327 Å². The van der Waals surface area contributed by atoms with E-state index in [0.29, 0.717) is 37.1 Å². The van der Waals surface area contributed by atoms with Crippen molar-refractivity contribution < 1.29 is 47.6 Å². The van der Waals surface area contributed by atoms with E-state index in [9.17, 15) is 19.2 Å². The Bertz CT molecular complexity index is 1650. The molecule has 0 fully saturated rings. The van der Waals surface area contributed by atoms with Crippen LogP contribution in [0, 0.1) is 0 Å². The summed E-state index contributed by atoms with van der Waals surface area (Å²) in [7, 11) is 3.07. The van der Waals surface area contributed by atoms with E-state index in [4.69, 9.17) is 28.4 Å². The van der Waals surface area contributed by atoms with Crippen molar-refractivity contribution in [3.63, 3.8) is 0 Å². The smallest absolute Gasteiger partial charge is 0.345 e. The molecule has 3 aliphatic rings. The molecule has 4 bridgehead atoms. The first kappa shape index (κ1) is 42.1. The molecule has 0 amide bonds. The zero-order valence-corrected chi connectivity index (χ0v) is 32.4. The minimum absolute atomic E-state index is 0.111. The SMILES string of the molecule is COC12C=C/C(=C(/C(=O)OCc3ccncn3)C(=O)CCCCCCCCC3(OC)C=C/C(=C(\C(=O)OCc4ccncn4)C(=O)CCCCCCCC1)O3)O2. The summed E-state index contributed by atoms with van der Waals surface area (Å²) >= 11 is 0. The summed E-state index contributed by atoms with van der Waals surface area (Å²) in [6.07, 6.45) is 23.4. The van der Waals surface area contributed by atoms with Crippen molar-refractivity contribution in [3.8, 4) is 0 Å². The number of hydrogen-bond acceptors (Lipinski definition) is 14. The minimum atomic E-state index is -1.12. The molecule has 56 heavy (non-hydrogen) atoms. The molecule has 0 spiro atoms. The fourth-order valence-corrected chi connectivity index (χ4v) is 6.79. The minimum Gasteiger partial charge on any atom is -0.458 e. The van der Waals surface area contributed by atoms with Crippen LogP contribution in [-0.4, -0.2) is 69.2 Å². The first-order valence-corrected chi connectivity index (χ1v) is 19.5. The summed E-state index contributed by atoms with van der Waals surface area (Å²) in [6.45, 7) is -0.222. The number of Topliss-reactive ketones (excluding diaryl/α,β-unsaturated/α-hetero) is 2. The number of rotatable bonds is 8. The number of allylic oxidation sites excluding steroid dienone is 2. The maximum Gasteiger partial charge on any atom is 0.345 e. The molecule has 0 saturated heterocycles. The fraction of sp³-hybridized carbons (Fsp3) is 0.524. The van der Waals surface area contributed by atoms with E-state index in [1.807, 2.05) is 0 Å². The Balaban J connectivity index is 1.25. The molecule has 0 aliphatic carbocycles. The molecule has 300 valence electrons. The first-order valence-electron chi connectivity index (χ1n) is 19.5. The zero-order valence-electron chi connectivity index (χ0n) is 32.4. The molecule has 0 aromatic carbocycles. The summed E-state index contributed by atoms with van der Waals surface area (Å²) in [6, 6.07) is 3.27. The molecular weight excluding hydrogens is 720 g/mol. The molecule has 3 aliphatic heterocycles. The highest BCUT2D eigenvalue weighted by molar-refractivity contribution is 6.18. The maximum absolute atomic E-state index is 13.6. The summed E-state index contributed by atoms with van der Waals surface area (Å²) in [4.78, 5) is 70.0. The molecule has 14 nitrogen and oxygen atoms in total. The highest BCUT2D eigenvalue weighted by atomic mass is 16.7. The lowest BCUT2D eigenvalue weighted by Crippen LogP contribution is -2.30. The fourth-order valence-electron chi connectivity index (χ4n) is 6.79. The van der Waals surface area contributed by atoms with Crippen LogP contribution < -0.4 is 0 Å². The van der Waals surface area contributed by atoms with Gasteiger partial charge in [-0.3, -0.25) is 9.59 Å². The van der Waals surface area contributed by atoms with Gasteiger partial charge in [-0.25, -0.2) is 29.5 Å². The van der Waals surface area contributed by atoms with Gasteiger partial charge in [-0.2, -0.15) is 0 Å². The van der Waals surface area contributed by atoms with Crippen LogP contribution in [0.2, 0.25) is 0 Å². The highest BCUT2D eigenvalue weighted by Crippen LogP contribution is 2.36. The second kappa shape index (κ2) is 21.3. The third kappa shape index (κ3) is 12.0. The lowest BCUT2D eigenvalue weighted by atomic mass is 10.0. The number of methoxy groups -OCH3 is 2. The van der Waals surface area contributed by atoms with Crippen LogP contribution in [0.3, 0.4) is 0 Å². The molecule has 0 radical (unpaired) electrons. The van der Waals surface area contributed by atoms with Crippen LogP contribution in [-0.2, 0) is 60.8 Å². The van der Waals surface area contributed by atoms with Crippen LogP contribution >= 0.6 is 0 Å². The molecule has 2 atom stereocenters. The van der Waals surface area contributed by atoms with Crippen molar-refractivity contribution >= 4 is 23.5 Å². The van der Waals surface area contributed by atoms with Crippen LogP contribution in [0.25, 0.3) is 0 Å². The van der Waals surface area contributed by atoms with Gasteiger partial charge in [-0.15, -0.1) is 0 Å². The predicted octanol–water partition coefficient (Wildman–Crippen LogP) is 6.81. The van der Waals surface area contributed by atoms with Gasteiger partial charge in [0, 0.05) is 52.3 Å². The molecule has 14 heteroatoms. The number of hydrogen-bond donors (Lipinski definition) is 0. The number of esters is 2. The van der Waals surface area contributed by atoms with Crippen molar-refractivity contribution in [3.05, 3.63) is 95.5 Å². The topological polar surface area (TPSA) is 175 Å². The summed E-state index contributed by atoms with van der Waals surface area (Å²) < 4.78 is 35.1. The first-order chi connectivity index (χ1) is 27.3. The van der Waals surface area contributed by atoms with E-state index >= 15 is 0 Å². The van der Waals surface area contributed by atoms with Crippen molar-refractivity contribution in [2.45, 2.75) is 128 Å². The number of ketones is 2. The van der Waals surface area contributed by atoms with Gasteiger partial charge in [0.25, 0.3) is 0 Å². The quantitative estimate of drug-likeness (QED) is 0.202. The van der Waals surface area contributed by atoms with Crippen molar-refractivity contribution in [1.82, 2.24) is 19.9 Å². The normalized spacial score (nSPS) is 26.0. The molecule has 2 aromatic rings. The molecule has 5 heterocycles. The Morgan fingerprint density at radius 3 is 1.38 bits per heavy atom. The molecule has 2 unspecified atom stereocenters. The van der Waals surface area contributed by atoms with Gasteiger partial charge in [-0.1, -0.05) is 51.4 Å². The van der Waals surface area contributed by atoms with Crippen LogP contribution in [0.4, 0.5) is 0 Å². The highest BCUT2D eigenvalue weighted by Gasteiger charge is 2.39. The third-order valence-electron chi connectivity index (χ3n) is 10.0. The van der Waals surface area contributed by atoms with Crippen LogP contribution in [0.1, 0.15) is 114 Å². The third-order valence-corrected chi connectivity index (χ3v) is 10.0. The van der Waals surface area contributed by atoms with Gasteiger partial charge in [-0.05, 0) is 62.1 Å². The zero-order chi connectivity index (χ0) is 39.6. The van der Waals surface area contributed by atoms with E-state index in [1.165, 1.54) is 26.9 Å². The summed E-state index contributed by atoms with van der Waals surface area (Å²) in [5.74, 6) is -4.20. The van der Waals surface area contributed by atoms with Gasteiger partial charge in [0.1, 0.15) is 48.5 Å². The van der Waals surface area contributed by atoms with Crippen LogP contribution in [0.15, 0.2) is 84.1 Å². The van der Waals surface area contributed by atoms with Crippen molar-refractivity contribution in [1.29, 1.82) is 0 Å². The van der Waals surface area contributed by atoms with E-state index in [2.05, 4.69) is 19.9 Å². The van der Waals surface area contributed by atoms with E-state index in [0.717, 1.165) is 64.2 Å². The van der Waals surface area contributed by atoms with Gasteiger partial charge in [0.05, 0.1) is 11.4 Å². The number of carbonyl (C=O) groups excluding carboxylic acids is 4. The Morgan fingerprint density at radius 2 is 1.00 bits per heavy atom. The van der Waals surface area contributed by atoms with E-state index in [-0.39, 0.29) is 60.3 Å². The molecule has 0 saturated carbocycles. The number of fused-ring (bicyclic) bond motifs is 4. The molecular formula is C42H52N4O10. The number of aromatic nitrogens is 4. The Kier molecular flexibility index (Phi) is 16.0. The van der Waals surface area contributed by atoms with Crippen molar-refractivity contribution in [2.24, 2.45) is 0 Å². The largest absolute Gasteiger partial charge is 0.458 e. The van der Waals surface area contributed by atoms with Gasteiger partial charge in [0.15, 0.2) is 11.6 Å². The lowest BCUT2D eigenvalue weighted by molar-refractivity contribution is -0.159. The molecule has 0 N–H and O–H groups in total. The van der Waals surface area contributed by atoms with Crippen LogP contribution in [0.5, 0.6) is 0 Å². The lowest BCUT2D eigenvalue weighted by Gasteiger charge is -2.27. The van der Waals surface area contributed by atoms with Gasteiger partial charge in [0.2, 0.25) is 11.6 Å². The summed E-state index contributed by atoms with van der Waals surface area (Å²) in [5, 5.41) is 0. The monoisotopic (exact) mass is 772 g/mol. The Hall–Kier alpha value is -5.08. The number of carbonyl (C=O) groups is 4.